The van der Waals surface area contributed by atoms with Crippen molar-refractivity contribution in [2.75, 3.05) is 5.73 Å². The second-order valence-corrected chi connectivity index (χ2v) is 6.96. The van der Waals surface area contributed by atoms with E-state index >= 15 is 0 Å². The highest BCUT2D eigenvalue weighted by molar-refractivity contribution is 9.13. The Labute approximate surface area is 136 Å². The SMILES string of the molecule is CCc1nc(-c2ccc(Br)c(Br)c2)c(N)n1CC(C)C. The van der Waals surface area contributed by atoms with Crippen molar-refractivity contribution in [1.82, 2.24) is 9.55 Å². The third-order valence-corrected chi connectivity index (χ3v) is 5.02. The standard InChI is InChI=1S/C15H19Br2N3/c1-4-13-19-14(15(18)20(13)8-9(2)3)10-5-6-11(16)12(17)7-10/h5-7,9H,4,8,18H2,1-3H3. The van der Waals surface area contributed by atoms with Crippen molar-refractivity contribution in [2.45, 2.75) is 33.7 Å². The van der Waals surface area contributed by atoms with Crippen LogP contribution in [0.25, 0.3) is 11.3 Å². The molecule has 2 N–H and O–H groups in total. The molecule has 20 heavy (non-hydrogen) atoms. The lowest BCUT2D eigenvalue weighted by Crippen LogP contribution is -2.10. The Morgan fingerprint density at radius 2 is 1.95 bits per heavy atom. The van der Waals surface area contributed by atoms with Crippen LogP contribution in [0.3, 0.4) is 0 Å². The van der Waals surface area contributed by atoms with E-state index in [1.165, 1.54) is 0 Å². The molecule has 0 aliphatic heterocycles. The number of imidazole rings is 1. The summed E-state index contributed by atoms with van der Waals surface area (Å²) in [6.07, 6.45) is 0.884. The third kappa shape index (κ3) is 3.09. The van der Waals surface area contributed by atoms with Gasteiger partial charge in [-0.15, -0.1) is 0 Å². The molecule has 0 spiro atoms. The maximum Gasteiger partial charge on any atom is 0.131 e. The molecule has 0 fully saturated rings. The topological polar surface area (TPSA) is 43.8 Å². The molecule has 108 valence electrons. The lowest BCUT2D eigenvalue weighted by molar-refractivity contribution is 0.513. The maximum absolute atomic E-state index is 6.32. The molecule has 5 heteroatoms. The minimum atomic E-state index is 0.543. The van der Waals surface area contributed by atoms with E-state index in [2.05, 4.69) is 57.2 Å². The summed E-state index contributed by atoms with van der Waals surface area (Å²) in [5.41, 5.74) is 8.23. The van der Waals surface area contributed by atoms with Gasteiger partial charge in [0, 0.05) is 27.5 Å². The minimum Gasteiger partial charge on any atom is -0.383 e. The number of benzene rings is 1. The second-order valence-electron chi connectivity index (χ2n) is 5.25. The fourth-order valence-corrected chi connectivity index (χ4v) is 2.83. The number of anilines is 1. The smallest absolute Gasteiger partial charge is 0.131 e. The summed E-state index contributed by atoms with van der Waals surface area (Å²) < 4.78 is 4.17. The molecule has 2 aromatic rings. The molecule has 3 nitrogen and oxygen atoms in total. The molecule has 0 amide bonds. The Hall–Kier alpha value is -0.810. The van der Waals surface area contributed by atoms with Crippen molar-refractivity contribution in [1.29, 1.82) is 0 Å². The van der Waals surface area contributed by atoms with Crippen LogP contribution in [-0.2, 0) is 13.0 Å². The highest BCUT2D eigenvalue weighted by atomic mass is 79.9. The van der Waals surface area contributed by atoms with Crippen LogP contribution in [-0.4, -0.2) is 9.55 Å². The van der Waals surface area contributed by atoms with Gasteiger partial charge in [-0.05, 0) is 49.9 Å². The number of nitrogens with zero attached hydrogens (tertiary/aromatic N) is 2. The Bertz CT molecular complexity index is 618. The molecule has 0 aliphatic rings. The summed E-state index contributed by atoms with van der Waals surface area (Å²) >= 11 is 7.01. The number of nitrogens with two attached hydrogens (primary N) is 1. The maximum atomic E-state index is 6.32. The van der Waals surface area contributed by atoms with Gasteiger partial charge in [0.25, 0.3) is 0 Å². The minimum absolute atomic E-state index is 0.543. The van der Waals surface area contributed by atoms with Crippen LogP contribution in [0, 0.1) is 5.92 Å². The van der Waals surface area contributed by atoms with Gasteiger partial charge >= 0.3 is 0 Å². The van der Waals surface area contributed by atoms with Crippen molar-refractivity contribution in [3.05, 3.63) is 33.0 Å². The molecule has 2 rings (SSSR count). The molecule has 0 aliphatic carbocycles. The molecular formula is C15H19Br2N3. The predicted molar refractivity (Wildman–Crippen MR) is 91.7 cm³/mol. The molecule has 0 unspecified atom stereocenters. The van der Waals surface area contributed by atoms with Gasteiger partial charge in [-0.25, -0.2) is 4.98 Å². The Balaban J connectivity index is 2.51. The summed E-state index contributed by atoms with van der Waals surface area (Å²) in [7, 11) is 0. The third-order valence-electron chi connectivity index (χ3n) is 3.14. The first-order valence-electron chi connectivity index (χ1n) is 6.74. The fraction of sp³-hybridized carbons (Fsp3) is 0.400. The van der Waals surface area contributed by atoms with Crippen molar-refractivity contribution in [2.24, 2.45) is 5.92 Å². The van der Waals surface area contributed by atoms with Crippen LogP contribution in [0.15, 0.2) is 27.1 Å². The predicted octanol–water partition coefficient (Wildman–Crippen LogP) is 4.88. The second kappa shape index (κ2) is 6.31. The molecule has 0 radical (unpaired) electrons. The van der Waals surface area contributed by atoms with Gasteiger partial charge in [0.1, 0.15) is 17.3 Å². The van der Waals surface area contributed by atoms with Gasteiger partial charge in [-0.2, -0.15) is 0 Å². The number of aryl methyl sites for hydroxylation is 1. The van der Waals surface area contributed by atoms with Gasteiger partial charge in [-0.1, -0.05) is 26.8 Å². The Kier molecular flexibility index (Phi) is 4.91. The first-order valence-corrected chi connectivity index (χ1v) is 8.32. The van der Waals surface area contributed by atoms with Crippen molar-refractivity contribution < 1.29 is 0 Å². The van der Waals surface area contributed by atoms with Crippen LogP contribution in [0.1, 0.15) is 26.6 Å². The van der Waals surface area contributed by atoms with Gasteiger partial charge < -0.3 is 10.3 Å². The summed E-state index contributed by atoms with van der Waals surface area (Å²) in [4.78, 5) is 4.72. The van der Waals surface area contributed by atoms with Crippen molar-refractivity contribution in [3.8, 4) is 11.3 Å². The lowest BCUT2D eigenvalue weighted by atomic mass is 10.1. The first-order chi connectivity index (χ1) is 9.43. The van der Waals surface area contributed by atoms with Crippen LogP contribution in [0.2, 0.25) is 0 Å². The zero-order valence-electron chi connectivity index (χ0n) is 12.0. The zero-order chi connectivity index (χ0) is 14.9. The normalized spacial score (nSPS) is 11.3. The van der Waals surface area contributed by atoms with E-state index in [4.69, 9.17) is 10.7 Å². The van der Waals surface area contributed by atoms with Crippen LogP contribution >= 0.6 is 31.9 Å². The van der Waals surface area contributed by atoms with E-state index < -0.39 is 0 Å². The molecular weight excluding hydrogens is 382 g/mol. The number of nitrogen functional groups attached to an aromatic ring is 1. The number of halogens is 2. The van der Waals surface area contributed by atoms with Gasteiger partial charge in [0.2, 0.25) is 0 Å². The van der Waals surface area contributed by atoms with Gasteiger partial charge in [0.05, 0.1) is 0 Å². The van der Waals surface area contributed by atoms with Crippen LogP contribution < -0.4 is 5.73 Å². The summed E-state index contributed by atoms with van der Waals surface area (Å²) in [6, 6.07) is 6.08. The molecule has 0 saturated carbocycles. The van der Waals surface area contributed by atoms with Crippen LogP contribution in [0.4, 0.5) is 5.82 Å². The van der Waals surface area contributed by atoms with Gasteiger partial charge in [0.15, 0.2) is 0 Å². The van der Waals surface area contributed by atoms with E-state index in [0.29, 0.717) is 5.92 Å². The first kappa shape index (κ1) is 15.6. The number of hydrogen-bond donors (Lipinski definition) is 1. The van der Waals surface area contributed by atoms with E-state index in [1.54, 1.807) is 0 Å². The van der Waals surface area contributed by atoms with Crippen molar-refractivity contribution in [3.63, 3.8) is 0 Å². The molecule has 0 saturated heterocycles. The number of rotatable bonds is 4. The van der Waals surface area contributed by atoms with Crippen LogP contribution in [0.5, 0.6) is 0 Å². The quantitative estimate of drug-likeness (QED) is 0.794. The van der Waals surface area contributed by atoms with E-state index in [9.17, 15) is 0 Å². The average Bonchev–Trinajstić information content (AvgIpc) is 2.70. The molecule has 1 aromatic heterocycles. The fourth-order valence-electron chi connectivity index (χ4n) is 2.21. The monoisotopic (exact) mass is 399 g/mol. The Morgan fingerprint density at radius 1 is 1.25 bits per heavy atom. The van der Waals surface area contributed by atoms with E-state index in [0.717, 1.165) is 44.8 Å². The zero-order valence-corrected chi connectivity index (χ0v) is 15.1. The molecule has 0 atom stereocenters. The molecule has 1 aromatic carbocycles. The molecule has 1 heterocycles. The largest absolute Gasteiger partial charge is 0.383 e. The summed E-state index contributed by atoms with van der Waals surface area (Å²) in [6.45, 7) is 7.39. The number of aromatic nitrogens is 2. The van der Waals surface area contributed by atoms with E-state index in [-0.39, 0.29) is 0 Å². The molecule has 0 bridgehead atoms. The lowest BCUT2D eigenvalue weighted by Gasteiger charge is -2.11. The van der Waals surface area contributed by atoms with Gasteiger partial charge in [-0.3, -0.25) is 0 Å². The average molecular weight is 401 g/mol. The highest BCUT2D eigenvalue weighted by Gasteiger charge is 2.16. The van der Waals surface area contributed by atoms with E-state index in [1.807, 2.05) is 18.2 Å². The van der Waals surface area contributed by atoms with Crippen molar-refractivity contribution >= 4 is 37.7 Å². The Morgan fingerprint density at radius 3 is 2.50 bits per heavy atom. The summed E-state index contributed by atoms with van der Waals surface area (Å²) in [5, 5.41) is 0. The summed E-state index contributed by atoms with van der Waals surface area (Å²) in [5.74, 6) is 2.34. The number of hydrogen-bond acceptors (Lipinski definition) is 2. The highest BCUT2D eigenvalue weighted by Crippen LogP contribution is 2.32.